The van der Waals surface area contributed by atoms with Crippen molar-refractivity contribution < 1.29 is 13.2 Å². The molecule has 0 saturated carbocycles. The van der Waals surface area contributed by atoms with Crippen molar-refractivity contribution in [1.29, 1.82) is 0 Å². The summed E-state index contributed by atoms with van der Waals surface area (Å²) in [6.07, 6.45) is 1.84. The average molecular weight is 426 g/mol. The zero-order valence-electron chi connectivity index (χ0n) is 17.5. The molecular weight excluding hydrogens is 398 g/mol. The Kier molecular flexibility index (Phi) is 6.84. The van der Waals surface area contributed by atoms with Crippen LogP contribution >= 0.6 is 0 Å². The second kappa shape index (κ2) is 9.36. The lowest BCUT2D eigenvalue weighted by molar-refractivity contribution is -0.115. The minimum absolute atomic E-state index is 0.135. The summed E-state index contributed by atoms with van der Waals surface area (Å²) in [4.78, 5) is 17.4. The summed E-state index contributed by atoms with van der Waals surface area (Å²) in [5.41, 5.74) is 4.09. The highest BCUT2D eigenvalue weighted by atomic mass is 32.2. The molecule has 3 rings (SSSR count). The molecule has 1 heterocycles. The summed E-state index contributed by atoms with van der Waals surface area (Å²) in [6.45, 7) is 6.29. The van der Waals surface area contributed by atoms with Gasteiger partial charge in [-0.2, -0.15) is 0 Å². The van der Waals surface area contributed by atoms with Crippen LogP contribution in [0.15, 0.2) is 53.4 Å². The van der Waals surface area contributed by atoms with Gasteiger partial charge in [0.25, 0.3) is 0 Å². The van der Waals surface area contributed by atoms with Gasteiger partial charge in [0, 0.05) is 23.3 Å². The number of benzene rings is 2. The third-order valence-corrected chi connectivity index (χ3v) is 6.53. The van der Waals surface area contributed by atoms with Gasteiger partial charge < -0.3 is 5.32 Å². The van der Waals surface area contributed by atoms with E-state index in [1.54, 1.807) is 12.1 Å². The molecule has 1 amide bonds. The largest absolute Gasteiger partial charge is 0.326 e. The van der Waals surface area contributed by atoms with Gasteiger partial charge in [-0.25, -0.2) is 13.1 Å². The predicted octanol–water partition coefficient (Wildman–Crippen LogP) is 4.11. The molecule has 0 aliphatic rings. The number of rotatable bonds is 8. The van der Waals surface area contributed by atoms with E-state index in [1.165, 1.54) is 12.1 Å². The van der Waals surface area contributed by atoms with Gasteiger partial charge in [0.15, 0.2) is 0 Å². The number of sulfonamides is 1. The standard InChI is InChI=1S/C23H27N3O3S/c1-4-5-13-24-30(28,29)19-10-8-9-18(14-19)26-23(27)15-21-16(2)20-11-6-7-12-22(20)25-17(21)3/h6-12,14,24H,4-5,13,15H2,1-3H3,(H,26,27). The molecule has 0 atom stereocenters. The molecule has 0 aliphatic heterocycles. The SMILES string of the molecule is CCCCNS(=O)(=O)c1cccc(NC(=O)Cc2c(C)nc3ccccc3c2C)c1. The first-order chi connectivity index (χ1) is 14.3. The highest BCUT2D eigenvalue weighted by molar-refractivity contribution is 7.89. The molecule has 0 fully saturated rings. The van der Waals surface area contributed by atoms with Crippen molar-refractivity contribution in [2.24, 2.45) is 0 Å². The lowest BCUT2D eigenvalue weighted by atomic mass is 9.99. The Balaban J connectivity index is 1.77. The highest BCUT2D eigenvalue weighted by Gasteiger charge is 2.16. The summed E-state index contributed by atoms with van der Waals surface area (Å²) in [6, 6.07) is 14.2. The minimum Gasteiger partial charge on any atom is -0.326 e. The molecule has 3 aromatic rings. The van der Waals surface area contributed by atoms with Crippen molar-refractivity contribution in [3.05, 3.63) is 65.4 Å². The van der Waals surface area contributed by atoms with Crippen LogP contribution in [0.2, 0.25) is 0 Å². The summed E-state index contributed by atoms with van der Waals surface area (Å²) in [5.74, 6) is -0.216. The van der Waals surface area contributed by atoms with E-state index in [-0.39, 0.29) is 17.2 Å². The maximum absolute atomic E-state index is 12.7. The highest BCUT2D eigenvalue weighted by Crippen LogP contribution is 2.23. The monoisotopic (exact) mass is 425 g/mol. The second-order valence-corrected chi connectivity index (χ2v) is 9.09. The van der Waals surface area contributed by atoms with Crippen LogP contribution in [-0.4, -0.2) is 25.9 Å². The number of nitrogens with zero attached hydrogens (tertiary/aromatic N) is 1. The van der Waals surface area contributed by atoms with Gasteiger partial charge >= 0.3 is 0 Å². The quantitative estimate of drug-likeness (QED) is 0.532. The molecule has 30 heavy (non-hydrogen) atoms. The van der Waals surface area contributed by atoms with Crippen LogP contribution in [0.5, 0.6) is 0 Å². The van der Waals surface area contributed by atoms with Crippen molar-refractivity contribution in [3.63, 3.8) is 0 Å². The zero-order valence-corrected chi connectivity index (χ0v) is 18.3. The number of carbonyl (C=O) groups is 1. The van der Waals surface area contributed by atoms with Gasteiger partial charge in [0.1, 0.15) is 0 Å². The maximum atomic E-state index is 12.7. The van der Waals surface area contributed by atoms with Gasteiger partial charge in [0.05, 0.1) is 16.8 Å². The molecule has 6 nitrogen and oxygen atoms in total. The molecule has 158 valence electrons. The molecule has 2 N–H and O–H groups in total. The van der Waals surface area contributed by atoms with Gasteiger partial charge in [-0.15, -0.1) is 0 Å². The number of aromatic nitrogens is 1. The van der Waals surface area contributed by atoms with Crippen LogP contribution in [0.3, 0.4) is 0 Å². The number of carbonyl (C=O) groups excluding carboxylic acids is 1. The topological polar surface area (TPSA) is 88.2 Å². The van der Waals surface area contributed by atoms with Gasteiger partial charge in [-0.1, -0.05) is 37.6 Å². The molecule has 0 radical (unpaired) electrons. The molecule has 7 heteroatoms. The number of amides is 1. The first kappa shape index (κ1) is 21.9. The van der Waals surface area contributed by atoms with Gasteiger partial charge in [-0.05, 0) is 55.7 Å². The van der Waals surface area contributed by atoms with Crippen LogP contribution in [-0.2, 0) is 21.2 Å². The molecule has 0 aliphatic carbocycles. The van der Waals surface area contributed by atoms with Gasteiger partial charge in [0.2, 0.25) is 15.9 Å². The van der Waals surface area contributed by atoms with Crippen LogP contribution in [0.1, 0.15) is 36.6 Å². The number of pyridine rings is 1. The van der Waals surface area contributed by atoms with E-state index in [4.69, 9.17) is 0 Å². The number of hydrogen-bond acceptors (Lipinski definition) is 4. The Morgan fingerprint density at radius 1 is 1.07 bits per heavy atom. The number of hydrogen-bond donors (Lipinski definition) is 2. The van der Waals surface area contributed by atoms with Crippen LogP contribution < -0.4 is 10.0 Å². The number of fused-ring (bicyclic) bond motifs is 1. The Hall–Kier alpha value is -2.77. The van der Waals surface area contributed by atoms with Crippen LogP contribution in [0, 0.1) is 13.8 Å². The number of anilines is 1. The number of unbranched alkanes of at least 4 members (excludes halogenated alkanes) is 1. The fourth-order valence-electron chi connectivity index (χ4n) is 3.40. The zero-order chi connectivity index (χ0) is 21.7. The Bertz CT molecular complexity index is 1170. The molecule has 0 saturated heterocycles. The first-order valence-electron chi connectivity index (χ1n) is 10.1. The summed E-state index contributed by atoms with van der Waals surface area (Å²) in [7, 11) is -3.60. The first-order valence-corrected chi connectivity index (χ1v) is 11.5. The smallest absolute Gasteiger partial charge is 0.240 e. The molecule has 1 aromatic heterocycles. The number of nitrogens with one attached hydrogen (secondary N) is 2. The molecular formula is C23H27N3O3S. The molecule has 0 spiro atoms. The number of aryl methyl sites for hydroxylation is 2. The minimum atomic E-state index is -3.60. The third kappa shape index (κ3) is 5.04. The Morgan fingerprint density at radius 2 is 1.83 bits per heavy atom. The van der Waals surface area contributed by atoms with Crippen molar-refractivity contribution in [2.45, 2.75) is 44.9 Å². The van der Waals surface area contributed by atoms with Crippen molar-refractivity contribution in [2.75, 3.05) is 11.9 Å². The lowest BCUT2D eigenvalue weighted by Crippen LogP contribution is -2.25. The van der Waals surface area contributed by atoms with Crippen LogP contribution in [0.25, 0.3) is 10.9 Å². The van der Waals surface area contributed by atoms with E-state index in [0.717, 1.165) is 40.6 Å². The lowest BCUT2D eigenvalue weighted by Gasteiger charge is -2.13. The Morgan fingerprint density at radius 3 is 2.60 bits per heavy atom. The van der Waals surface area contributed by atoms with E-state index in [1.807, 2.05) is 45.0 Å². The van der Waals surface area contributed by atoms with Crippen LogP contribution in [0.4, 0.5) is 5.69 Å². The summed E-state index contributed by atoms with van der Waals surface area (Å²) >= 11 is 0. The summed E-state index contributed by atoms with van der Waals surface area (Å²) < 4.78 is 27.4. The average Bonchev–Trinajstić information content (AvgIpc) is 2.71. The van der Waals surface area contributed by atoms with Crippen molar-refractivity contribution in [3.8, 4) is 0 Å². The van der Waals surface area contributed by atoms with E-state index < -0.39 is 10.0 Å². The van der Waals surface area contributed by atoms with E-state index >= 15 is 0 Å². The molecule has 0 unspecified atom stereocenters. The van der Waals surface area contributed by atoms with E-state index in [9.17, 15) is 13.2 Å². The number of para-hydroxylation sites is 1. The Labute approximate surface area is 177 Å². The van der Waals surface area contributed by atoms with Crippen molar-refractivity contribution >= 4 is 32.5 Å². The fraction of sp³-hybridized carbons (Fsp3) is 0.304. The predicted molar refractivity (Wildman–Crippen MR) is 120 cm³/mol. The fourth-order valence-corrected chi connectivity index (χ4v) is 4.52. The third-order valence-electron chi connectivity index (χ3n) is 5.07. The van der Waals surface area contributed by atoms with E-state index in [0.29, 0.717) is 12.2 Å². The molecule has 0 bridgehead atoms. The van der Waals surface area contributed by atoms with Gasteiger partial charge in [-0.3, -0.25) is 9.78 Å². The van der Waals surface area contributed by atoms with E-state index in [2.05, 4.69) is 15.0 Å². The van der Waals surface area contributed by atoms with Crippen molar-refractivity contribution in [1.82, 2.24) is 9.71 Å². The molecule has 2 aromatic carbocycles. The summed E-state index contributed by atoms with van der Waals surface area (Å²) in [5, 5.41) is 3.84. The second-order valence-electron chi connectivity index (χ2n) is 7.32. The maximum Gasteiger partial charge on any atom is 0.240 e. The normalized spacial score (nSPS) is 11.6.